The molecule has 0 aliphatic carbocycles. The summed E-state index contributed by atoms with van der Waals surface area (Å²) in [6, 6.07) is 4.89. The molecule has 0 bridgehead atoms. The molecule has 0 aliphatic rings. The summed E-state index contributed by atoms with van der Waals surface area (Å²) < 4.78 is 49.7. The summed E-state index contributed by atoms with van der Waals surface area (Å²) in [4.78, 5) is 0.0182. The maximum atomic E-state index is 11.4. The maximum Gasteiger partial charge on any atom is 0.296 e. The van der Waals surface area contributed by atoms with Crippen LogP contribution in [-0.4, -0.2) is 29.7 Å². The van der Waals surface area contributed by atoms with Crippen molar-refractivity contribution in [3.8, 4) is 0 Å². The summed E-state index contributed by atoms with van der Waals surface area (Å²) in [5.41, 5.74) is 0. The molecule has 98 valence electrons. The highest BCUT2D eigenvalue weighted by molar-refractivity contribution is 7.90. The number of benzene rings is 1. The van der Waals surface area contributed by atoms with Crippen molar-refractivity contribution in [2.45, 2.75) is 16.7 Å². The molecular weight excluding hydrogens is 288 g/mol. The Morgan fingerprint density at radius 1 is 1.00 bits per heavy atom. The van der Waals surface area contributed by atoms with Gasteiger partial charge in [0.15, 0.2) is 9.84 Å². The zero-order chi connectivity index (χ0) is 12.4. The average molecular weight is 301 g/mol. The molecule has 0 N–H and O–H groups in total. The summed E-state index contributed by atoms with van der Waals surface area (Å²) >= 11 is 0. The fourth-order valence-electron chi connectivity index (χ4n) is 1.08. The van der Waals surface area contributed by atoms with Crippen LogP contribution >= 0.6 is 12.4 Å². The first-order chi connectivity index (χ1) is 7.27. The van der Waals surface area contributed by atoms with Gasteiger partial charge in [0.2, 0.25) is 0 Å². The van der Waals surface area contributed by atoms with Gasteiger partial charge in [-0.25, -0.2) is 8.42 Å². The predicted molar refractivity (Wildman–Crippen MR) is 65.6 cm³/mol. The maximum absolute atomic E-state index is 11.4. The van der Waals surface area contributed by atoms with Gasteiger partial charge in [-0.2, -0.15) is 8.42 Å². The SMILES string of the molecule is CCOS(=O)(=O)c1ccc(S(C)(=O)=O)cc1.Cl. The van der Waals surface area contributed by atoms with Crippen molar-refractivity contribution < 1.29 is 21.0 Å². The van der Waals surface area contributed by atoms with Gasteiger partial charge in [0.25, 0.3) is 10.1 Å². The van der Waals surface area contributed by atoms with Gasteiger partial charge in [-0.05, 0) is 31.2 Å². The monoisotopic (exact) mass is 300 g/mol. The zero-order valence-corrected chi connectivity index (χ0v) is 11.7. The molecule has 1 rings (SSSR count). The van der Waals surface area contributed by atoms with Crippen LogP contribution in [0.1, 0.15) is 6.92 Å². The molecule has 0 amide bonds. The van der Waals surface area contributed by atoms with Crippen LogP contribution in [-0.2, 0) is 24.1 Å². The number of sulfone groups is 1. The van der Waals surface area contributed by atoms with Crippen LogP contribution in [0.5, 0.6) is 0 Å². The quantitative estimate of drug-likeness (QED) is 0.782. The van der Waals surface area contributed by atoms with Crippen LogP contribution in [0.2, 0.25) is 0 Å². The van der Waals surface area contributed by atoms with E-state index < -0.39 is 20.0 Å². The lowest BCUT2D eigenvalue weighted by atomic mass is 10.4. The van der Waals surface area contributed by atoms with E-state index in [9.17, 15) is 16.8 Å². The van der Waals surface area contributed by atoms with E-state index in [1.165, 1.54) is 24.3 Å². The second kappa shape index (κ2) is 5.81. The van der Waals surface area contributed by atoms with E-state index in [2.05, 4.69) is 4.18 Å². The van der Waals surface area contributed by atoms with E-state index in [1.54, 1.807) is 6.92 Å². The van der Waals surface area contributed by atoms with Crippen LogP contribution in [0, 0.1) is 0 Å². The largest absolute Gasteiger partial charge is 0.296 e. The Kier molecular flexibility index (Phi) is 5.60. The molecule has 0 spiro atoms. The molecule has 0 saturated carbocycles. The topological polar surface area (TPSA) is 77.5 Å². The number of halogens is 1. The van der Waals surface area contributed by atoms with Crippen molar-refractivity contribution >= 4 is 32.4 Å². The van der Waals surface area contributed by atoms with Gasteiger partial charge in [-0.15, -0.1) is 12.4 Å². The summed E-state index contributed by atoms with van der Waals surface area (Å²) in [6.45, 7) is 1.60. The van der Waals surface area contributed by atoms with Gasteiger partial charge in [-0.1, -0.05) is 0 Å². The van der Waals surface area contributed by atoms with Gasteiger partial charge in [-0.3, -0.25) is 4.18 Å². The molecule has 0 atom stereocenters. The molecule has 0 aliphatic heterocycles. The highest BCUT2D eigenvalue weighted by Crippen LogP contribution is 2.16. The van der Waals surface area contributed by atoms with Gasteiger partial charge in [0.1, 0.15) is 0 Å². The van der Waals surface area contributed by atoms with Crippen LogP contribution in [0.4, 0.5) is 0 Å². The van der Waals surface area contributed by atoms with E-state index >= 15 is 0 Å². The van der Waals surface area contributed by atoms with Crippen LogP contribution < -0.4 is 0 Å². The highest BCUT2D eigenvalue weighted by atomic mass is 35.5. The van der Waals surface area contributed by atoms with Crippen molar-refractivity contribution in [3.05, 3.63) is 24.3 Å². The minimum atomic E-state index is -3.77. The Balaban J connectivity index is 0.00000256. The van der Waals surface area contributed by atoms with Crippen molar-refractivity contribution in [3.63, 3.8) is 0 Å². The third-order valence-corrected chi connectivity index (χ3v) is 4.34. The van der Waals surface area contributed by atoms with Gasteiger partial charge in [0.05, 0.1) is 16.4 Å². The van der Waals surface area contributed by atoms with E-state index in [-0.39, 0.29) is 28.8 Å². The molecule has 0 unspecified atom stereocenters. The summed E-state index contributed by atoms with van der Waals surface area (Å²) in [7, 11) is -7.08. The van der Waals surface area contributed by atoms with E-state index in [0.29, 0.717) is 0 Å². The van der Waals surface area contributed by atoms with Crippen LogP contribution in [0.3, 0.4) is 0 Å². The first kappa shape index (κ1) is 16.4. The molecule has 1 aromatic rings. The molecular formula is C9H13ClO5S2. The summed E-state index contributed by atoms with van der Waals surface area (Å²) in [5.74, 6) is 0. The lowest BCUT2D eigenvalue weighted by molar-refractivity contribution is 0.338. The lowest BCUT2D eigenvalue weighted by Gasteiger charge is -2.04. The normalized spacial score (nSPS) is 11.9. The fraction of sp³-hybridized carbons (Fsp3) is 0.333. The Morgan fingerprint density at radius 2 is 1.41 bits per heavy atom. The molecule has 0 saturated heterocycles. The Morgan fingerprint density at radius 3 is 1.76 bits per heavy atom. The lowest BCUT2D eigenvalue weighted by Crippen LogP contribution is -2.06. The van der Waals surface area contributed by atoms with Gasteiger partial charge in [0, 0.05) is 6.26 Å². The Labute approximate surface area is 107 Å². The van der Waals surface area contributed by atoms with Crippen LogP contribution in [0.15, 0.2) is 34.1 Å². The van der Waals surface area contributed by atoms with Gasteiger partial charge >= 0.3 is 0 Å². The highest BCUT2D eigenvalue weighted by Gasteiger charge is 2.15. The third kappa shape index (κ3) is 4.27. The predicted octanol–water partition coefficient (Wildman–Crippen LogP) is 1.24. The number of hydrogen-bond donors (Lipinski definition) is 0. The van der Waals surface area contributed by atoms with Crippen molar-refractivity contribution in [2.24, 2.45) is 0 Å². The Bertz CT molecular complexity index is 560. The minimum absolute atomic E-state index is 0. The second-order valence-corrected chi connectivity index (χ2v) is 6.74. The van der Waals surface area contributed by atoms with E-state index in [1.807, 2.05) is 0 Å². The molecule has 0 heterocycles. The molecule has 17 heavy (non-hydrogen) atoms. The molecule has 0 aromatic heterocycles. The van der Waals surface area contributed by atoms with Crippen molar-refractivity contribution in [1.29, 1.82) is 0 Å². The fourth-order valence-corrected chi connectivity index (χ4v) is 2.62. The van der Waals surface area contributed by atoms with E-state index in [0.717, 1.165) is 6.26 Å². The summed E-state index contributed by atoms with van der Waals surface area (Å²) in [5, 5.41) is 0. The van der Waals surface area contributed by atoms with Gasteiger partial charge < -0.3 is 0 Å². The molecule has 0 fully saturated rings. The molecule has 8 heteroatoms. The van der Waals surface area contributed by atoms with Crippen molar-refractivity contribution in [2.75, 3.05) is 12.9 Å². The first-order valence-electron chi connectivity index (χ1n) is 4.47. The summed E-state index contributed by atoms with van der Waals surface area (Å²) in [6.07, 6.45) is 1.05. The average Bonchev–Trinajstić information content (AvgIpc) is 2.16. The Hall–Kier alpha value is -0.630. The zero-order valence-electron chi connectivity index (χ0n) is 9.28. The third-order valence-electron chi connectivity index (χ3n) is 1.81. The van der Waals surface area contributed by atoms with E-state index in [4.69, 9.17) is 0 Å². The molecule has 5 nitrogen and oxygen atoms in total. The smallest absolute Gasteiger partial charge is 0.267 e. The number of rotatable bonds is 4. The van der Waals surface area contributed by atoms with Crippen LogP contribution in [0.25, 0.3) is 0 Å². The van der Waals surface area contributed by atoms with Crippen molar-refractivity contribution in [1.82, 2.24) is 0 Å². The first-order valence-corrected chi connectivity index (χ1v) is 7.77. The second-order valence-electron chi connectivity index (χ2n) is 3.10. The molecule has 0 radical (unpaired) electrons. The standard InChI is InChI=1S/C9H12O5S2.ClH/c1-3-14-16(12,13)9-6-4-8(5-7-9)15(2,10)11;/h4-7H,3H2,1-2H3;1H. The molecule has 1 aromatic carbocycles. The minimum Gasteiger partial charge on any atom is -0.267 e. The number of hydrogen-bond acceptors (Lipinski definition) is 5.